The quantitative estimate of drug-likeness (QED) is 0.707. The number of urea groups is 1. The highest BCUT2D eigenvalue weighted by molar-refractivity contribution is 6.06. The molecule has 0 aromatic heterocycles. The zero-order chi connectivity index (χ0) is 11.8. The number of carbonyl (C=O) groups is 2. The summed E-state index contributed by atoms with van der Waals surface area (Å²) in [4.78, 5) is 24.8. The molecule has 0 unspecified atom stereocenters. The van der Waals surface area contributed by atoms with E-state index < -0.39 is 5.54 Å². The van der Waals surface area contributed by atoms with Gasteiger partial charge in [0.2, 0.25) is 0 Å². The van der Waals surface area contributed by atoms with Gasteiger partial charge in [-0.15, -0.1) is 0 Å². The van der Waals surface area contributed by atoms with Crippen molar-refractivity contribution in [2.24, 2.45) is 5.92 Å². The smallest absolute Gasteiger partial charge is 0.325 e. The summed E-state index contributed by atoms with van der Waals surface area (Å²) >= 11 is 0. The van der Waals surface area contributed by atoms with E-state index in [0.717, 1.165) is 26.1 Å². The topological polar surface area (TPSA) is 58.6 Å². The van der Waals surface area contributed by atoms with Crippen LogP contribution in [0.25, 0.3) is 0 Å². The minimum atomic E-state index is -0.713. The van der Waals surface area contributed by atoms with Crippen molar-refractivity contribution in [3.63, 3.8) is 0 Å². The van der Waals surface area contributed by atoms with Crippen molar-refractivity contribution in [2.75, 3.05) is 19.8 Å². The minimum absolute atomic E-state index is 0.204. The van der Waals surface area contributed by atoms with Crippen molar-refractivity contribution in [1.82, 2.24) is 10.2 Å². The van der Waals surface area contributed by atoms with Crippen molar-refractivity contribution < 1.29 is 14.3 Å². The van der Waals surface area contributed by atoms with Crippen LogP contribution >= 0.6 is 0 Å². The van der Waals surface area contributed by atoms with Crippen LogP contribution in [0.4, 0.5) is 4.79 Å². The van der Waals surface area contributed by atoms with Crippen molar-refractivity contribution in [3.05, 3.63) is 0 Å². The standard InChI is InChI=1S/C11H18N2O3/c1-11(2)9(14)12-10(15)13(11)7-8-3-5-16-6-4-8/h8H,3-7H2,1-2H3,(H,12,14,15). The lowest BCUT2D eigenvalue weighted by Gasteiger charge is -2.33. The Balaban J connectivity index is 2.02. The SMILES string of the molecule is CC1(C)C(=O)NC(=O)N1CC1CCOCC1. The third kappa shape index (κ3) is 1.91. The summed E-state index contributed by atoms with van der Waals surface area (Å²) in [5.74, 6) is 0.245. The average molecular weight is 226 g/mol. The Kier molecular flexibility index (Phi) is 2.88. The second-order valence-corrected chi connectivity index (χ2v) is 4.98. The summed E-state index contributed by atoms with van der Waals surface area (Å²) in [6.45, 7) is 5.73. The Morgan fingerprint density at radius 3 is 2.50 bits per heavy atom. The lowest BCUT2D eigenvalue weighted by atomic mass is 9.96. The van der Waals surface area contributed by atoms with Crippen LogP contribution in [0, 0.1) is 5.92 Å². The summed E-state index contributed by atoms with van der Waals surface area (Å²) < 4.78 is 5.28. The summed E-state index contributed by atoms with van der Waals surface area (Å²) in [7, 11) is 0. The fraction of sp³-hybridized carbons (Fsp3) is 0.818. The maximum absolute atomic E-state index is 11.6. The second-order valence-electron chi connectivity index (χ2n) is 4.98. The molecular formula is C11H18N2O3. The average Bonchev–Trinajstić information content (AvgIpc) is 2.43. The van der Waals surface area contributed by atoms with Crippen molar-refractivity contribution in [1.29, 1.82) is 0 Å². The van der Waals surface area contributed by atoms with E-state index in [-0.39, 0.29) is 11.9 Å². The monoisotopic (exact) mass is 226 g/mol. The predicted octanol–water partition coefficient (Wildman–Crippen LogP) is 0.743. The first-order valence-electron chi connectivity index (χ1n) is 5.72. The Labute approximate surface area is 95.1 Å². The molecule has 2 aliphatic rings. The molecule has 1 N–H and O–H groups in total. The van der Waals surface area contributed by atoms with E-state index in [9.17, 15) is 9.59 Å². The molecule has 0 aliphatic carbocycles. The van der Waals surface area contributed by atoms with Crippen LogP contribution in [-0.4, -0.2) is 42.1 Å². The molecule has 0 saturated carbocycles. The summed E-state index contributed by atoms with van der Waals surface area (Å²) in [6, 6.07) is -0.263. The molecule has 2 rings (SSSR count). The molecule has 16 heavy (non-hydrogen) atoms. The van der Waals surface area contributed by atoms with E-state index in [1.54, 1.807) is 18.7 Å². The zero-order valence-electron chi connectivity index (χ0n) is 9.78. The maximum Gasteiger partial charge on any atom is 0.325 e. The van der Waals surface area contributed by atoms with Gasteiger partial charge in [-0.1, -0.05) is 0 Å². The molecule has 2 aliphatic heterocycles. The van der Waals surface area contributed by atoms with Crippen LogP contribution in [-0.2, 0) is 9.53 Å². The van der Waals surface area contributed by atoms with Gasteiger partial charge in [0.25, 0.3) is 5.91 Å². The molecule has 0 atom stereocenters. The molecule has 2 fully saturated rings. The fourth-order valence-corrected chi connectivity index (χ4v) is 2.19. The highest BCUT2D eigenvalue weighted by Gasteiger charge is 2.46. The molecule has 2 heterocycles. The van der Waals surface area contributed by atoms with Gasteiger partial charge in [-0.25, -0.2) is 4.79 Å². The Morgan fingerprint density at radius 1 is 1.38 bits per heavy atom. The summed E-state index contributed by atoms with van der Waals surface area (Å²) in [5.41, 5.74) is -0.713. The highest BCUT2D eigenvalue weighted by Crippen LogP contribution is 2.25. The first-order valence-corrected chi connectivity index (χ1v) is 5.72. The number of carbonyl (C=O) groups excluding carboxylic acids is 2. The summed E-state index contributed by atoms with van der Waals surface area (Å²) in [6.07, 6.45) is 1.93. The lowest BCUT2D eigenvalue weighted by molar-refractivity contribution is -0.125. The highest BCUT2D eigenvalue weighted by atomic mass is 16.5. The van der Waals surface area contributed by atoms with Crippen molar-refractivity contribution in [2.45, 2.75) is 32.2 Å². The number of hydrogen-bond donors (Lipinski definition) is 1. The van der Waals surface area contributed by atoms with E-state index in [1.807, 2.05) is 0 Å². The normalized spacial score (nSPS) is 26.0. The fourth-order valence-electron chi connectivity index (χ4n) is 2.19. The molecular weight excluding hydrogens is 208 g/mol. The number of rotatable bonds is 2. The Morgan fingerprint density at radius 2 is 2.00 bits per heavy atom. The minimum Gasteiger partial charge on any atom is -0.381 e. The van der Waals surface area contributed by atoms with Gasteiger partial charge in [0.05, 0.1) is 0 Å². The Bertz CT molecular complexity index is 308. The molecule has 0 aromatic carbocycles. The predicted molar refractivity (Wildman–Crippen MR) is 57.9 cm³/mol. The molecule has 5 nitrogen and oxygen atoms in total. The number of imide groups is 1. The van der Waals surface area contributed by atoms with Gasteiger partial charge in [-0.2, -0.15) is 0 Å². The first-order chi connectivity index (χ1) is 7.51. The van der Waals surface area contributed by atoms with E-state index in [1.165, 1.54) is 0 Å². The van der Waals surface area contributed by atoms with E-state index in [2.05, 4.69) is 5.32 Å². The van der Waals surface area contributed by atoms with E-state index in [4.69, 9.17) is 4.74 Å². The lowest BCUT2D eigenvalue weighted by Crippen LogP contribution is -2.47. The van der Waals surface area contributed by atoms with Crippen LogP contribution in [0.15, 0.2) is 0 Å². The van der Waals surface area contributed by atoms with E-state index in [0.29, 0.717) is 12.5 Å². The van der Waals surface area contributed by atoms with Crippen LogP contribution in [0.3, 0.4) is 0 Å². The first kappa shape index (κ1) is 11.4. The van der Waals surface area contributed by atoms with Gasteiger partial charge in [-0.3, -0.25) is 10.1 Å². The van der Waals surface area contributed by atoms with Crippen LogP contribution in [0.2, 0.25) is 0 Å². The maximum atomic E-state index is 11.6. The number of nitrogens with one attached hydrogen (secondary N) is 1. The molecule has 2 saturated heterocycles. The van der Waals surface area contributed by atoms with Crippen LogP contribution < -0.4 is 5.32 Å². The molecule has 0 spiro atoms. The molecule has 90 valence electrons. The molecule has 3 amide bonds. The second kappa shape index (κ2) is 4.05. The third-order valence-corrected chi connectivity index (χ3v) is 3.48. The number of amides is 3. The zero-order valence-corrected chi connectivity index (χ0v) is 9.78. The third-order valence-electron chi connectivity index (χ3n) is 3.48. The molecule has 5 heteroatoms. The van der Waals surface area contributed by atoms with E-state index >= 15 is 0 Å². The number of ether oxygens (including phenoxy) is 1. The van der Waals surface area contributed by atoms with Gasteiger partial charge >= 0.3 is 6.03 Å². The molecule has 0 bridgehead atoms. The number of nitrogens with zero attached hydrogens (tertiary/aromatic N) is 1. The summed E-state index contributed by atoms with van der Waals surface area (Å²) in [5, 5.41) is 2.36. The van der Waals surface area contributed by atoms with Gasteiger partial charge in [0, 0.05) is 19.8 Å². The van der Waals surface area contributed by atoms with Crippen LogP contribution in [0.1, 0.15) is 26.7 Å². The van der Waals surface area contributed by atoms with Crippen molar-refractivity contribution in [3.8, 4) is 0 Å². The van der Waals surface area contributed by atoms with Gasteiger partial charge in [0.1, 0.15) is 5.54 Å². The van der Waals surface area contributed by atoms with Gasteiger partial charge in [0.15, 0.2) is 0 Å². The Hall–Kier alpha value is -1.10. The molecule has 0 aromatic rings. The van der Waals surface area contributed by atoms with Gasteiger partial charge < -0.3 is 9.64 Å². The number of hydrogen-bond acceptors (Lipinski definition) is 3. The largest absolute Gasteiger partial charge is 0.381 e. The molecule has 0 radical (unpaired) electrons. The van der Waals surface area contributed by atoms with Crippen molar-refractivity contribution >= 4 is 11.9 Å². The van der Waals surface area contributed by atoms with Gasteiger partial charge in [-0.05, 0) is 32.6 Å². The van der Waals surface area contributed by atoms with Crippen LogP contribution in [0.5, 0.6) is 0 Å².